The summed E-state index contributed by atoms with van der Waals surface area (Å²) in [6.45, 7) is 14.1. The first kappa shape index (κ1) is 16.4. The molecule has 3 heteroatoms. The zero-order chi connectivity index (χ0) is 15.6. The van der Waals surface area contributed by atoms with Gasteiger partial charge < -0.3 is 5.32 Å². The van der Waals surface area contributed by atoms with E-state index >= 15 is 0 Å². The summed E-state index contributed by atoms with van der Waals surface area (Å²) in [4.78, 5) is 23.1. The van der Waals surface area contributed by atoms with Crippen LogP contribution < -0.4 is 5.32 Å². The van der Waals surface area contributed by atoms with Gasteiger partial charge in [0.1, 0.15) is 5.78 Å². The summed E-state index contributed by atoms with van der Waals surface area (Å²) >= 11 is 0. The molecule has 0 aliphatic rings. The van der Waals surface area contributed by atoms with Crippen LogP contribution in [0.15, 0.2) is 0 Å². The largest absolute Gasteiger partial charge is 0.351 e. The van der Waals surface area contributed by atoms with E-state index in [4.69, 9.17) is 0 Å². The quantitative estimate of drug-likeness (QED) is 0.858. The van der Waals surface area contributed by atoms with Crippen LogP contribution in [0.4, 0.5) is 0 Å². The number of ketones is 1. The Balaban J connectivity index is 3.00. The van der Waals surface area contributed by atoms with Gasteiger partial charge in [0.15, 0.2) is 0 Å². The number of rotatable bonds is 4. The molecule has 0 bridgehead atoms. The summed E-state index contributed by atoms with van der Waals surface area (Å²) in [5.41, 5.74) is 7.47. The fraction of sp³-hybridized carbons (Fsp3) is 0.529. The van der Waals surface area contributed by atoms with Crippen LogP contribution in [0.25, 0.3) is 0 Å². The Bertz CT molecular complexity index is 530. The van der Waals surface area contributed by atoms with Crippen LogP contribution in [0.1, 0.15) is 47.2 Å². The summed E-state index contributed by atoms with van der Waals surface area (Å²) in [6, 6.07) is 0. The van der Waals surface area contributed by atoms with Gasteiger partial charge in [-0.3, -0.25) is 9.59 Å². The highest BCUT2D eigenvalue weighted by atomic mass is 16.2. The molecule has 1 rings (SSSR count). The van der Waals surface area contributed by atoms with E-state index < -0.39 is 5.92 Å². The molecule has 1 atom stereocenters. The highest BCUT2D eigenvalue weighted by molar-refractivity contribution is 5.99. The SMILES string of the molecule is CC(=O)C(C)C(=O)NCc1c(C)c(C)c(C)c(C)c1C. The van der Waals surface area contributed by atoms with Crippen molar-refractivity contribution < 1.29 is 9.59 Å². The van der Waals surface area contributed by atoms with E-state index in [1.54, 1.807) is 6.92 Å². The molecule has 0 saturated carbocycles. The maximum atomic E-state index is 11.9. The van der Waals surface area contributed by atoms with Crippen LogP contribution >= 0.6 is 0 Å². The zero-order valence-electron chi connectivity index (χ0n) is 13.6. The fourth-order valence-electron chi connectivity index (χ4n) is 2.36. The molecule has 0 aliphatic heterocycles. The molecule has 1 aromatic carbocycles. The van der Waals surface area contributed by atoms with Gasteiger partial charge in [0.25, 0.3) is 0 Å². The van der Waals surface area contributed by atoms with Crippen LogP contribution in [0.2, 0.25) is 0 Å². The molecule has 110 valence electrons. The lowest BCUT2D eigenvalue weighted by molar-refractivity contribution is -0.132. The molecular weight excluding hydrogens is 250 g/mol. The summed E-state index contributed by atoms with van der Waals surface area (Å²) in [7, 11) is 0. The Morgan fingerprint density at radius 2 is 1.30 bits per heavy atom. The number of carbonyl (C=O) groups is 2. The van der Waals surface area contributed by atoms with Crippen molar-refractivity contribution in [3.63, 3.8) is 0 Å². The Morgan fingerprint density at radius 3 is 1.70 bits per heavy atom. The molecule has 0 saturated heterocycles. The van der Waals surface area contributed by atoms with Crippen molar-refractivity contribution in [2.75, 3.05) is 0 Å². The second kappa shape index (κ2) is 6.21. The third kappa shape index (κ3) is 3.09. The van der Waals surface area contributed by atoms with Gasteiger partial charge in [-0.25, -0.2) is 0 Å². The van der Waals surface area contributed by atoms with Gasteiger partial charge in [-0.15, -0.1) is 0 Å². The lowest BCUT2D eigenvalue weighted by Gasteiger charge is -2.19. The van der Waals surface area contributed by atoms with Gasteiger partial charge in [-0.05, 0) is 81.8 Å². The van der Waals surface area contributed by atoms with E-state index in [9.17, 15) is 9.59 Å². The van der Waals surface area contributed by atoms with Crippen molar-refractivity contribution >= 4 is 11.7 Å². The molecule has 0 aliphatic carbocycles. The second-order valence-electron chi connectivity index (χ2n) is 5.65. The number of amides is 1. The lowest BCUT2D eigenvalue weighted by atomic mass is 9.89. The van der Waals surface area contributed by atoms with Gasteiger partial charge in [0.05, 0.1) is 5.92 Å². The molecular formula is C17H25NO2. The van der Waals surface area contributed by atoms with Crippen LogP contribution in [0.3, 0.4) is 0 Å². The maximum absolute atomic E-state index is 11.9. The minimum Gasteiger partial charge on any atom is -0.351 e. The summed E-state index contributed by atoms with van der Waals surface area (Å²) in [6.07, 6.45) is 0. The van der Waals surface area contributed by atoms with Crippen LogP contribution in [-0.2, 0) is 16.1 Å². The average molecular weight is 275 g/mol. The van der Waals surface area contributed by atoms with E-state index in [2.05, 4.69) is 39.9 Å². The predicted octanol–water partition coefficient (Wildman–Crippen LogP) is 3.07. The third-order valence-corrected chi connectivity index (χ3v) is 4.60. The standard InChI is InChI=1S/C17H25NO2/c1-9-10(2)12(4)16(13(5)11(9)3)8-18-17(20)14(6)15(7)19/h14H,8H2,1-7H3,(H,18,20). The molecule has 0 heterocycles. The molecule has 1 N–H and O–H groups in total. The fourth-order valence-corrected chi connectivity index (χ4v) is 2.36. The van der Waals surface area contributed by atoms with Crippen molar-refractivity contribution in [2.45, 2.75) is 55.0 Å². The number of benzene rings is 1. The molecule has 1 aromatic rings. The van der Waals surface area contributed by atoms with Gasteiger partial charge in [0, 0.05) is 6.54 Å². The summed E-state index contributed by atoms with van der Waals surface area (Å²) < 4.78 is 0. The van der Waals surface area contributed by atoms with E-state index in [0.717, 1.165) is 5.56 Å². The predicted molar refractivity (Wildman–Crippen MR) is 81.8 cm³/mol. The molecule has 20 heavy (non-hydrogen) atoms. The molecule has 3 nitrogen and oxygen atoms in total. The maximum Gasteiger partial charge on any atom is 0.230 e. The van der Waals surface area contributed by atoms with Crippen molar-refractivity contribution in [3.8, 4) is 0 Å². The molecule has 0 spiro atoms. The van der Waals surface area contributed by atoms with Gasteiger partial charge >= 0.3 is 0 Å². The van der Waals surface area contributed by atoms with E-state index in [-0.39, 0.29) is 11.7 Å². The van der Waals surface area contributed by atoms with E-state index in [1.165, 1.54) is 34.7 Å². The molecule has 1 unspecified atom stereocenters. The van der Waals surface area contributed by atoms with Crippen molar-refractivity contribution in [2.24, 2.45) is 5.92 Å². The first-order valence-corrected chi connectivity index (χ1v) is 7.02. The first-order chi connectivity index (χ1) is 9.18. The van der Waals surface area contributed by atoms with Crippen molar-refractivity contribution in [1.29, 1.82) is 0 Å². The molecule has 1 amide bonds. The lowest BCUT2D eigenvalue weighted by Crippen LogP contribution is -2.32. The molecule has 0 aromatic heterocycles. The van der Waals surface area contributed by atoms with Crippen molar-refractivity contribution in [3.05, 3.63) is 33.4 Å². The highest BCUT2D eigenvalue weighted by Crippen LogP contribution is 2.25. The number of hydrogen-bond donors (Lipinski definition) is 1. The molecule has 0 fully saturated rings. The normalized spacial score (nSPS) is 12.2. The summed E-state index contributed by atoms with van der Waals surface area (Å²) in [5, 5.41) is 2.88. The van der Waals surface area contributed by atoms with Gasteiger partial charge in [0.2, 0.25) is 5.91 Å². The monoisotopic (exact) mass is 275 g/mol. The Morgan fingerprint density at radius 1 is 0.900 bits per heavy atom. The second-order valence-corrected chi connectivity index (χ2v) is 5.65. The summed E-state index contributed by atoms with van der Waals surface area (Å²) in [5.74, 6) is -0.886. The van der Waals surface area contributed by atoms with Crippen LogP contribution in [0.5, 0.6) is 0 Å². The van der Waals surface area contributed by atoms with Crippen molar-refractivity contribution in [1.82, 2.24) is 5.32 Å². The average Bonchev–Trinajstić information content (AvgIpc) is 2.41. The number of Topliss-reactive ketones (excluding diaryl/α,β-unsaturated/α-hetero) is 1. The number of nitrogens with one attached hydrogen (secondary N) is 1. The van der Waals surface area contributed by atoms with Crippen LogP contribution in [0, 0.1) is 40.5 Å². The van der Waals surface area contributed by atoms with Gasteiger partial charge in [-0.1, -0.05) is 0 Å². The minimum absolute atomic E-state index is 0.104. The Kier molecular flexibility index (Phi) is 5.09. The molecule has 0 radical (unpaired) electrons. The highest BCUT2D eigenvalue weighted by Gasteiger charge is 2.18. The minimum atomic E-state index is -0.580. The number of hydrogen-bond acceptors (Lipinski definition) is 2. The number of carbonyl (C=O) groups excluding carboxylic acids is 2. The topological polar surface area (TPSA) is 46.2 Å². The Labute approximate surface area is 121 Å². The van der Waals surface area contributed by atoms with E-state index in [1.807, 2.05) is 0 Å². The zero-order valence-corrected chi connectivity index (χ0v) is 13.6. The third-order valence-electron chi connectivity index (χ3n) is 4.60. The smallest absolute Gasteiger partial charge is 0.230 e. The first-order valence-electron chi connectivity index (χ1n) is 7.02. The Hall–Kier alpha value is -1.64. The van der Waals surface area contributed by atoms with E-state index in [0.29, 0.717) is 6.54 Å². The van der Waals surface area contributed by atoms with Gasteiger partial charge in [-0.2, -0.15) is 0 Å². The van der Waals surface area contributed by atoms with Crippen LogP contribution in [-0.4, -0.2) is 11.7 Å².